The van der Waals surface area contributed by atoms with E-state index in [-0.39, 0.29) is 23.7 Å². The lowest BCUT2D eigenvalue weighted by molar-refractivity contribution is -0.242. The van der Waals surface area contributed by atoms with E-state index < -0.39 is 68.7 Å². The van der Waals surface area contributed by atoms with Crippen LogP contribution in [-0.4, -0.2) is 57.2 Å². The molecule has 0 spiro atoms. The Balaban J connectivity index is 2.01. The van der Waals surface area contributed by atoms with E-state index in [0.717, 1.165) is 22.9 Å². The van der Waals surface area contributed by atoms with Crippen molar-refractivity contribution in [2.45, 2.75) is 82.3 Å². The molecule has 2 N–H and O–H groups in total. The third-order valence-corrected chi connectivity index (χ3v) is 8.50. The standard InChI is InChI=1S/C27H32F5N3O7S/c1-6-7-12-40-24(36)33-15(2)23-16(3)35(43(38,39)18-9-10-19(28)20(29)14-18)21-13-17(8-11-22(21)41-23)34-25(37)42-26(4,5)27(30,31)32/h8-11,13-16,23H,6-7,12H2,1-5H3,(H,33,36)(H,34,37)/t15-,16+,23-/m0/s1. The third-order valence-electron chi connectivity index (χ3n) is 6.60. The summed E-state index contributed by atoms with van der Waals surface area (Å²) in [6, 6.07) is 3.63. The topological polar surface area (TPSA) is 123 Å². The number of unbranched alkanes of at least 4 members (excludes halogenated alkanes) is 1. The summed E-state index contributed by atoms with van der Waals surface area (Å²) in [7, 11) is -4.66. The first-order valence-electron chi connectivity index (χ1n) is 13.2. The fraction of sp³-hybridized carbons (Fsp3) is 0.481. The molecule has 43 heavy (non-hydrogen) atoms. The Hall–Kier alpha value is -3.82. The molecule has 1 aliphatic heterocycles. The zero-order valence-electron chi connectivity index (χ0n) is 23.9. The second-order valence-electron chi connectivity index (χ2n) is 10.3. The predicted octanol–water partition coefficient (Wildman–Crippen LogP) is 6.11. The van der Waals surface area contributed by atoms with Crippen molar-refractivity contribution in [2.75, 3.05) is 16.2 Å². The predicted molar refractivity (Wildman–Crippen MR) is 145 cm³/mol. The van der Waals surface area contributed by atoms with Crippen LogP contribution >= 0.6 is 0 Å². The highest BCUT2D eigenvalue weighted by atomic mass is 32.2. The van der Waals surface area contributed by atoms with Crippen LogP contribution in [-0.2, 0) is 19.5 Å². The molecule has 0 unspecified atom stereocenters. The molecule has 10 nitrogen and oxygen atoms in total. The van der Waals surface area contributed by atoms with Gasteiger partial charge in [-0.3, -0.25) is 9.62 Å². The molecule has 1 aliphatic rings. The average molecular weight is 638 g/mol. The highest BCUT2D eigenvalue weighted by Crippen LogP contribution is 2.42. The average Bonchev–Trinajstić information content (AvgIpc) is 2.88. The Kier molecular flexibility index (Phi) is 10.0. The number of carbonyl (C=O) groups excluding carboxylic acids is 2. The lowest BCUT2D eigenvalue weighted by Crippen LogP contribution is -2.58. The Morgan fingerprint density at radius 3 is 2.35 bits per heavy atom. The molecule has 3 atom stereocenters. The van der Waals surface area contributed by atoms with Crippen LogP contribution in [0.5, 0.6) is 5.75 Å². The van der Waals surface area contributed by atoms with Crippen LogP contribution in [0.25, 0.3) is 0 Å². The van der Waals surface area contributed by atoms with E-state index in [0.29, 0.717) is 32.4 Å². The van der Waals surface area contributed by atoms with Crippen LogP contribution in [0.4, 0.5) is 42.9 Å². The van der Waals surface area contributed by atoms with Crippen LogP contribution in [0.2, 0.25) is 0 Å². The molecular weight excluding hydrogens is 605 g/mol. The highest BCUT2D eigenvalue weighted by Gasteiger charge is 2.51. The molecule has 16 heteroatoms. The molecule has 0 saturated heterocycles. The number of carbonyl (C=O) groups is 2. The molecule has 2 aromatic carbocycles. The molecule has 3 rings (SSSR count). The first-order chi connectivity index (χ1) is 19.9. The maximum atomic E-state index is 14.1. The Morgan fingerprint density at radius 1 is 1.07 bits per heavy atom. The van der Waals surface area contributed by atoms with E-state index in [1.165, 1.54) is 19.1 Å². The quantitative estimate of drug-likeness (QED) is 0.251. The number of halogens is 5. The lowest BCUT2D eigenvalue weighted by Gasteiger charge is -2.43. The Labute approximate surface area is 245 Å². The van der Waals surface area contributed by atoms with E-state index >= 15 is 0 Å². The van der Waals surface area contributed by atoms with Gasteiger partial charge in [0, 0.05) is 5.69 Å². The van der Waals surface area contributed by atoms with Crippen molar-refractivity contribution in [2.24, 2.45) is 0 Å². The molecule has 0 saturated carbocycles. The number of hydrogen-bond acceptors (Lipinski definition) is 7. The maximum Gasteiger partial charge on any atom is 0.427 e. The normalized spacial score (nSPS) is 17.8. The van der Waals surface area contributed by atoms with Crippen LogP contribution in [0.15, 0.2) is 41.3 Å². The van der Waals surface area contributed by atoms with Crippen LogP contribution in [0.3, 0.4) is 0 Å². The fourth-order valence-corrected chi connectivity index (χ4v) is 5.81. The summed E-state index contributed by atoms with van der Waals surface area (Å²) >= 11 is 0. The molecule has 0 fully saturated rings. The first-order valence-corrected chi connectivity index (χ1v) is 14.6. The van der Waals surface area contributed by atoms with Gasteiger partial charge in [-0.15, -0.1) is 0 Å². The van der Waals surface area contributed by atoms with Gasteiger partial charge in [-0.25, -0.2) is 26.8 Å². The molecule has 2 amide bonds. The van der Waals surface area contributed by atoms with E-state index in [1.54, 1.807) is 6.92 Å². The second-order valence-corrected chi connectivity index (χ2v) is 12.1. The summed E-state index contributed by atoms with van der Waals surface area (Å²) in [4.78, 5) is 24.0. The molecule has 0 aliphatic carbocycles. The van der Waals surface area contributed by atoms with Gasteiger partial charge in [0.2, 0.25) is 5.60 Å². The number of benzene rings is 2. The number of alkyl carbamates (subject to hydrolysis) is 1. The maximum absolute atomic E-state index is 14.1. The number of fused-ring (bicyclic) bond motifs is 1. The van der Waals surface area contributed by atoms with Gasteiger partial charge >= 0.3 is 18.4 Å². The molecule has 1 heterocycles. The van der Waals surface area contributed by atoms with Gasteiger partial charge in [-0.2, -0.15) is 13.2 Å². The number of anilines is 2. The van der Waals surface area contributed by atoms with Crippen molar-refractivity contribution in [3.63, 3.8) is 0 Å². The van der Waals surface area contributed by atoms with Gasteiger partial charge in [0.15, 0.2) is 11.6 Å². The van der Waals surface area contributed by atoms with Gasteiger partial charge in [-0.1, -0.05) is 13.3 Å². The van der Waals surface area contributed by atoms with E-state index in [1.807, 2.05) is 6.92 Å². The molecule has 0 aromatic heterocycles. The Bertz CT molecular complexity index is 1450. The van der Waals surface area contributed by atoms with Crippen LogP contribution in [0.1, 0.15) is 47.5 Å². The highest BCUT2D eigenvalue weighted by molar-refractivity contribution is 7.92. The van der Waals surface area contributed by atoms with Crippen LogP contribution < -0.4 is 19.7 Å². The van der Waals surface area contributed by atoms with Gasteiger partial charge < -0.3 is 19.5 Å². The minimum Gasteiger partial charge on any atom is -0.484 e. The number of hydrogen-bond donors (Lipinski definition) is 2. The second kappa shape index (κ2) is 12.8. The van der Waals surface area contributed by atoms with Gasteiger partial charge in [-0.05, 0) is 70.5 Å². The van der Waals surface area contributed by atoms with Gasteiger partial charge in [0.25, 0.3) is 10.0 Å². The monoisotopic (exact) mass is 637 g/mol. The molecular formula is C27H32F5N3O7S. The van der Waals surface area contributed by atoms with Gasteiger partial charge in [0.05, 0.1) is 29.3 Å². The van der Waals surface area contributed by atoms with E-state index in [9.17, 15) is 40.0 Å². The van der Waals surface area contributed by atoms with Crippen molar-refractivity contribution in [1.82, 2.24) is 5.32 Å². The summed E-state index contributed by atoms with van der Waals surface area (Å²) in [5, 5.41) is 4.71. The van der Waals surface area contributed by atoms with Crippen molar-refractivity contribution < 1.29 is 54.2 Å². The largest absolute Gasteiger partial charge is 0.484 e. The first kappa shape index (κ1) is 33.7. The molecule has 238 valence electrons. The number of sulfonamides is 1. The Morgan fingerprint density at radius 2 is 1.74 bits per heavy atom. The zero-order valence-corrected chi connectivity index (χ0v) is 24.7. The fourth-order valence-electron chi connectivity index (χ4n) is 4.14. The van der Waals surface area contributed by atoms with E-state index in [4.69, 9.17) is 9.47 Å². The molecule has 0 radical (unpaired) electrons. The number of amides is 2. The zero-order chi connectivity index (χ0) is 32.3. The third kappa shape index (κ3) is 7.58. The van der Waals surface area contributed by atoms with Crippen molar-refractivity contribution in [3.05, 3.63) is 48.0 Å². The number of ether oxygens (including phenoxy) is 3. The van der Waals surface area contributed by atoms with Crippen molar-refractivity contribution in [3.8, 4) is 5.75 Å². The smallest absolute Gasteiger partial charge is 0.427 e. The van der Waals surface area contributed by atoms with E-state index in [2.05, 4.69) is 15.4 Å². The molecule has 0 bridgehead atoms. The van der Waals surface area contributed by atoms with Gasteiger partial charge in [0.1, 0.15) is 11.9 Å². The summed E-state index contributed by atoms with van der Waals surface area (Å²) < 4.78 is 111. The van der Waals surface area contributed by atoms with Crippen molar-refractivity contribution >= 4 is 33.6 Å². The van der Waals surface area contributed by atoms with Crippen LogP contribution in [0, 0.1) is 11.6 Å². The summed E-state index contributed by atoms with van der Waals surface area (Å²) in [5.74, 6) is -2.76. The summed E-state index contributed by atoms with van der Waals surface area (Å²) in [5.41, 5.74) is -3.18. The number of alkyl halides is 3. The minimum absolute atomic E-state index is 0.0585. The number of rotatable bonds is 9. The molecule has 2 aromatic rings. The number of nitrogens with one attached hydrogen (secondary N) is 2. The number of nitrogens with zero attached hydrogens (tertiary/aromatic N) is 1. The summed E-state index contributed by atoms with van der Waals surface area (Å²) in [6.45, 7) is 6.36. The summed E-state index contributed by atoms with van der Waals surface area (Å²) in [6.07, 6.45) is -6.74. The van der Waals surface area contributed by atoms with Crippen molar-refractivity contribution in [1.29, 1.82) is 0 Å². The minimum atomic E-state index is -4.87. The SMILES string of the molecule is CCCCOC(=O)N[C@@H](C)[C@@H]1Oc2ccc(NC(=O)OC(C)(C)C(F)(F)F)cc2N(S(=O)(=O)c2ccc(F)c(F)c2)[C@@H]1C. The lowest BCUT2D eigenvalue weighted by atomic mass is 10.0.